The Balaban J connectivity index is 1.97. The van der Waals surface area contributed by atoms with Gasteiger partial charge < -0.3 is 15.8 Å². The summed E-state index contributed by atoms with van der Waals surface area (Å²) < 4.78 is 5.19. The van der Waals surface area contributed by atoms with Crippen molar-refractivity contribution in [3.8, 4) is 5.75 Å². The molecule has 0 spiro atoms. The van der Waals surface area contributed by atoms with Gasteiger partial charge in [-0.25, -0.2) is 4.98 Å². The maximum atomic E-state index is 12.9. The second-order valence-electron chi connectivity index (χ2n) is 5.17. The molecule has 1 heterocycles. The number of hydrogen-bond donors (Lipinski definition) is 2. The smallest absolute Gasteiger partial charge is 0.195 e. The topological polar surface area (TPSA) is 77.2 Å². The molecule has 2 aromatic carbocycles. The van der Waals surface area contributed by atoms with E-state index in [1.807, 2.05) is 18.2 Å². The number of carbonyl (C=O) groups excluding carboxylic acids is 1. The van der Waals surface area contributed by atoms with Gasteiger partial charge in [0.25, 0.3) is 0 Å². The zero-order valence-corrected chi connectivity index (χ0v) is 13.2. The summed E-state index contributed by atoms with van der Waals surface area (Å²) in [6, 6.07) is 17.8. The molecular formula is C19H17N3O2. The first kappa shape index (κ1) is 15.6. The minimum atomic E-state index is -0.105. The average molecular weight is 319 g/mol. The van der Waals surface area contributed by atoms with Crippen molar-refractivity contribution < 1.29 is 9.53 Å². The van der Waals surface area contributed by atoms with Gasteiger partial charge in [-0.05, 0) is 36.4 Å². The van der Waals surface area contributed by atoms with Crippen LogP contribution >= 0.6 is 0 Å². The number of nitrogens with zero attached hydrogens (tertiary/aromatic N) is 1. The second kappa shape index (κ2) is 6.83. The highest BCUT2D eigenvalue weighted by Gasteiger charge is 2.15. The Kier molecular flexibility index (Phi) is 4.43. The van der Waals surface area contributed by atoms with Crippen LogP contribution in [0.1, 0.15) is 15.9 Å². The van der Waals surface area contributed by atoms with Gasteiger partial charge in [0.2, 0.25) is 0 Å². The molecule has 0 aliphatic rings. The van der Waals surface area contributed by atoms with Crippen molar-refractivity contribution in [2.75, 3.05) is 18.2 Å². The third-order valence-electron chi connectivity index (χ3n) is 3.60. The van der Waals surface area contributed by atoms with Crippen LogP contribution < -0.4 is 15.8 Å². The van der Waals surface area contributed by atoms with Crippen LogP contribution in [-0.2, 0) is 0 Å². The molecule has 24 heavy (non-hydrogen) atoms. The summed E-state index contributed by atoms with van der Waals surface area (Å²) in [4.78, 5) is 17.1. The highest BCUT2D eigenvalue weighted by molar-refractivity contribution is 6.12. The predicted octanol–water partition coefficient (Wildman–Crippen LogP) is 3.65. The number of aromatic nitrogens is 1. The molecule has 120 valence electrons. The number of ketones is 1. The summed E-state index contributed by atoms with van der Waals surface area (Å²) >= 11 is 0. The standard InChI is InChI=1S/C19H17N3O2/c1-24-14-7-4-6-13(12-14)18(23)15-8-2-3-10-17(15)22-19-16(20)9-5-11-21-19/h2-12H,20H2,1H3,(H,21,22). The fraction of sp³-hybridized carbons (Fsp3) is 0.0526. The lowest BCUT2D eigenvalue weighted by atomic mass is 10.0. The summed E-state index contributed by atoms with van der Waals surface area (Å²) in [6.07, 6.45) is 1.64. The number of hydrogen-bond acceptors (Lipinski definition) is 5. The number of nitrogens with two attached hydrogens (primary N) is 1. The third-order valence-corrected chi connectivity index (χ3v) is 3.60. The van der Waals surface area contributed by atoms with Crippen LogP contribution in [0.3, 0.4) is 0 Å². The SMILES string of the molecule is COc1cccc(C(=O)c2ccccc2Nc2ncccc2N)c1. The minimum absolute atomic E-state index is 0.105. The summed E-state index contributed by atoms with van der Waals surface area (Å²) in [6.45, 7) is 0. The lowest BCUT2D eigenvalue weighted by Crippen LogP contribution is -2.07. The van der Waals surface area contributed by atoms with Crippen LogP contribution in [0.2, 0.25) is 0 Å². The maximum absolute atomic E-state index is 12.9. The van der Waals surface area contributed by atoms with E-state index >= 15 is 0 Å². The van der Waals surface area contributed by atoms with E-state index in [9.17, 15) is 4.79 Å². The summed E-state index contributed by atoms with van der Waals surface area (Å²) in [7, 11) is 1.57. The molecule has 3 rings (SSSR count). The number of benzene rings is 2. The average Bonchev–Trinajstić information content (AvgIpc) is 2.63. The van der Waals surface area contributed by atoms with Gasteiger partial charge in [0.1, 0.15) is 5.75 Å². The number of para-hydroxylation sites is 1. The highest BCUT2D eigenvalue weighted by atomic mass is 16.5. The van der Waals surface area contributed by atoms with Crippen molar-refractivity contribution in [1.82, 2.24) is 4.98 Å². The van der Waals surface area contributed by atoms with Crippen LogP contribution in [0, 0.1) is 0 Å². The van der Waals surface area contributed by atoms with Crippen LogP contribution in [0.4, 0.5) is 17.2 Å². The van der Waals surface area contributed by atoms with E-state index in [1.54, 1.807) is 55.8 Å². The van der Waals surface area contributed by atoms with E-state index in [4.69, 9.17) is 10.5 Å². The Labute approximate surface area is 140 Å². The molecule has 5 heteroatoms. The molecule has 0 saturated heterocycles. The number of carbonyl (C=O) groups is 1. The molecule has 0 bridgehead atoms. The van der Waals surface area contributed by atoms with Crippen LogP contribution in [0.15, 0.2) is 66.9 Å². The highest BCUT2D eigenvalue weighted by Crippen LogP contribution is 2.26. The summed E-state index contributed by atoms with van der Waals surface area (Å²) in [5.74, 6) is 1.05. The molecule has 3 N–H and O–H groups in total. The fourth-order valence-corrected chi connectivity index (χ4v) is 2.36. The molecule has 5 nitrogen and oxygen atoms in total. The van der Waals surface area contributed by atoms with Gasteiger partial charge in [-0.15, -0.1) is 0 Å². The lowest BCUT2D eigenvalue weighted by Gasteiger charge is -2.12. The monoisotopic (exact) mass is 319 g/mol. The Morgan fingerprint density at radius 3 is 2.71 bits per heavy atom. The van der Waals surface area contributed by atoms with Crippen molar-refractivity contribution in [3.63, 3.8) is 0 Å². The van der Waals surface area contributed by atoms with Crippen molar-refractivity contribution >= 4 is 23.0 Å². The van der Waals surface area contributed by atoms with E-state index < -0.39 is 0 Å². The molecule has 0 aliphatic heterocycles. The molecule has 0 unspecified atom stereocenters. The van der Waals surface area contributed by atoms with Crippen LogP contribution in [-0.4, -0.2) is 17.9 Å². The molecule has 0 aliphatic carbocycles. The summed E-state index contributed by atoms with van der Waals surface area (Å²) in [5, 5.41) is 3.13. The Bertz CT molecular complexity index is 878. The number of anilines is 3. The molecule has 0 radical (unpaired) electrons. The summed E-state index contributed by atoms with van der Waals surface area (Å²) in [5.41, 5.74) is 8.17. The second-order valence-corrected chi connectivity index (χ2v) is 5.17. The number of nitrogen functional groups attached to an aromatic ring is 1. The molecular weight excluding hydrogens is 302 g/mol. The van der Waals surface area contributed by atoms with E-state index in [-0.39, 0.29) is 5.78 Å². The van der Waals surface area contributed by atoms with Gasteiger partial charge in [0.15, 0.2) is 11.6 Å². The normalized spacial score (nSPS) is 10.2. The number of pyridine rings is 1. The third kappa shape index (κ3) is 3.20. The zero-order valence-electron chi connectivity index (χ0n) is 13.2. The fourth-order valence-electron chi connectivity index (χ4n) is 2.36. The number of nitrogens with one attached hydrogen (secondary N) is 1. The number of rotatable bonds is 5. The van der Waals surface area contributed by atoms with Gasteiger partial charge in [0.05, 0.1) is 18.5 Å². The van der Waals surface area contributed by atoms with Gasteiger partial charge in [-0.3, -0.25) is 4.79 Å². The molecule has 0 saturated carbocycles. The first-order chi connectivity index (χ1) is 11.7. The van der Waals surface area contributed by atoms with Crippen molar-refractivity contribution in [1.29, 1.82) is 0 Å². The maximum Gasteiger partial charge on any atom is 0.195 e. The Morgan fingerprint density at radius 2 is 1.92 bits per heavy atom. The van der Waals surface area contributed by atoms with Crippen LogP contribution in [0.5, 0.6) is 5.75 Å². The van der Waals surface area contributed by atoms with Crippen molar-refractivity contribution in [3.05, 3.63) is 78.0 Å². The largest absolute Gasteiger partial charge is 0.497 e. The molecule has 3 aromatic rings. The lowest BCUT2D eigenvalue weighted by molar-refractivity contribution is 0.103. The van der Waals surface area contributed by atoms with Crippen molar-refractivity contribution in [2.45, 2.75) is 0 Å². The predicted molar refractivity (Wildman–Crippen MR) is 94.8 cm³/mol. The van der Waals surface area contributed by atoms with Gasteiger partial charge >= 0.3 is 0 Å². The van der Waals surface area contributed by atoms with E-state index in [0.717, 1.165) is 0 Å². The molecule has 0 amide bonds. The zero-order chi connectivity index (χ0) is 16.9. The molecule has 1 aromatic heterocycles. The number of methoxy groups -OCH3 is 1. The van der Waals surface area contributed by atoms with E-state index in [1.165, 1.54) is 0 Å². The minimum Gasteiger partial charge on any atom is -0.497 e. The van der Waals surface area contributed by atoms with Gasteiger partial charge in [-0.2, -0.15) is 0 Å². The van der Waals surface area contributed by atoms with Crippen molar-refractivity contribution in [2.24, 2.45) is 0 Å². The quantitative estimate of drug-likeness (QED) is 0.702. The Morgan fingerprint density at radius 1 is 1.08 bits per heavy atom. The van der Waals surface area contributed by atoms with E-state index in [2.05, 4.69) is 10.3 Å². The Hall–Kier alpha value is -3.34. The van der Waals surface area contributed by atoms with Gasteiger partial charge in [-0.1, -0.05) is 24.3 Å². The number of ether oxygens (including phenoxy) is 1. The van der Waals surface area contributed by atoms with E-state index in [0.29, 0.717) is 34.1 Å². The van der Waals surface area contributed by atoms with Crippen LogP contribution in [0.25, 0.3) is 0 Å². The molecule has 0 atom stereocenters. The first-order valence-corrected chi connectivity index (χ1v) is 7.44. The van der Waals surface area contributed by atoms with Gasteiger partial charge in [0, 0.05) is 17.3 Å². The molecule has 0 fully saturated rings. The first-order valence-electron chi connectivity index (χ1n) is 7.44.